The Labute approximate surface area is 154 Å². The number of thiophene rings is 1. The van der Waals surface area contributed by atoms with Crippen LogP contribution in [0.1, 0.15) is 66.6 Å². The Morgan fingerprint density at radius 2 is 1.92 bits per heavy atom. The molecule has 1 aromatic rings. The summed E-state index contributed by atoms with van der Waals surface area (Å²) in [6, 6.07) is 2.15. The van der Waals surface area contributed by atoms with Gasteiger partial charge in [-0.3, -0.25) is 9.59 Å². The Bertz CT molecular complexity index is 651. The number of nitrogens with zero attached hydrogens (tertiary/aromatic N) is 1. The summed E-state index contributed by atoms with van der Waals surface area (Å²) >= 11 is 1.70. The van der Waals surface area contributed by atoms with Gasteiger partial charge in [0.05, 0.1) is 4.88 Å². The van der Waals surface area contributed by atoms with Crippen molar-refractivity contribution in [2.45, 2.75) is 59.3 Å². The van der Waals surface area contributed by atoms with Crippen LogP contribution in [-0.2, 0) is 17.6 Å². The Hall–Kier alpha value is -1.36. The summed E-state index contributed by atoms with van der Waals surface area (Å²) in [5.74, 6) is 0.973. The Kier molecular flexibility index (Phi) is 5.24. The maximum Gasteiger partial charge on any atom is 0.263 e. The highest BCUT2D eigenvalue weighted by atomic mass is 32.1. The van der Waals surface area contributed by atoms with Crippen LogP contribution in [0, 0.1) is 17.3 Å². The summed E-state index contributed by atoms with van der Waals surface area (Å²) in [6.07, 6.45) is 5.64. The number of likely N-dealkylation sites (tertiary alicyclic amines) is 1. The van der Waals surface area contributed by atoms with Crippen molar-refractivity contribution in [3.63, 3.8) is 0 Å². The van der Waals surface area contributed by atoms with Crippen molar-refractivity contribution in [1.29, 1.82) is 0 Å². The highest BCUT2D eigenvalue weighted by Crippen LogP contribution is 2.40. The fraction of sp³-hybridized carbons (Fsp3) is 0.700. The Balaban J connectivity index is 1.63. The molecule has 3 rings (SSSR count). The molecule has 1 aliphatic carbocycles. The van der Waals surface area contributed by atoms with Gasteiger partial charge >= 0.3 is 0 Å². The van der Waals surface area contributed by atoms with Gasteiger partial charge in [0.25, 0.3) is 5.91 Å². The van der Waals surface area contributed by atoms with E-state index in [0.717, 1.165) is 43.6 Å². The standard InChI is InChI=1S/C20H30N2O2S/c1-20(2,3)15-4-5-16-14(11-15)12-17(25-16)19(24)22-8-6-13(7-9-22)10-18(21)23/h12-13,15H,4-11H2,1-3H3,(H2,21,23). The van der Waals surface area contributed by atoms with Crippen molar-refractivity contribution in [2.24, 2.45) is 23.0 Å². The van der Waals surface area contributed by atoms with E-state index < -0.39 is 0 Å². The van der Waals surface area contributed by atoms with Gasteiger partial charge in [0.1, 0.15) is 0 Å². The van der Waals surface area contributed by atoms with E-state index in [9.17, 15) is 9.59 Å². The number of hydrogen-bond acceptors (Lipinski definition) is 3. The van der Waals surface area contributed by atoms with E-state index in [4.69, 9.17) is 5.73 Å². The monoisotopic (exact) mass is 362 g/mol. The zero-order chi connectivity index (χ0) is 18.2. The average Bonchev–Trinajstić information content (AvgIpc) is 2.96. The third kappa shape index (κ3) is 4.25. The minimum atomic E-state index is -0.232. The second-order valence-electron chi connectivity index (χ2n) is 8.77. The number of amides is 2. The van der Waals surface area contributed by atoms with Crippen LogP contribution in [0.2, 0.25) is 0 Å². The lowest BCUT2D eigenvalue weighted by Gasteiger charge is -2.33. The fourth-order valence-electron chi connectivity index (χ4n) is 4.15. The summed E-state index contributed by atoms with van der Waals surface area (Å²) in [7, 11) is 0. The Morgan fingerprint density at radius 1 is 1.24 bits per heavy atom. The number of carbonyl (C=O) groups excluding carboxylic acids is 2. The van der Waals surface area contributed by atoms with Gasteiger partial charge in [-0.05, 0) is 61.0 Å². The zero-order valence-corrected chi connectivity index (χ0v) is 16.5. The van der Waals surface area contributed by atoms with Crippen LogP contribution in [0.3, 0.4) is 0 Å². The molecule has 1 atom stereocenters. The van der Waals surface area contributed by atoms with E-state index >= 15 is 0 Å². The smallest absolute Gasteiger partial charge is 0.263 e. The van der Waals surface area contributed by atoms with Gasteiger partial charge in [-0.15, -0.1) is 11.3 Å². The van der Waals surface area contributed by atoms with Gasteiger partial charge in [-0.1, -0.05) is 20.8 Å². The molecule has 0 radical (unpaired) electrons. The lowest BCUT2D eigenvalue weighted by atomic mass is 9.72. The molecular weight excluding hydrogens is 332 g/mol. The van der Waals surface area contributed by atoms with Gasteiger partial charge in [-0.2, -0.15) is 0 Å². The number of primary amides is 1. The van der Waals surface area contributed by atoms with Gasteiger partial charge in [-0.25, -0.2) is 0 Å². The molecule has 4 nitrogen and oxygen atoms in total. The summed E-state index contributed by atoms with van der Waals surface area (Å²) in [6.45, 7) is 8.43. The van der Waals surface area contributed by atoms with E-state index in [0.29, 0.717) is 23.7 Å². The second kappa shape index (κ2) is 7.10. The van der Waals surface area contributed by atoms with Gasteiger partial charge in [0, 0.05) is 24.4 Å². The van der Waals surface area contributed by atoms with Gasteiger partial charge < -0.3 is 10.6 Å². The summed E-state index contributed by atoms with van der Waals surface area (Å²) in [5, 5.41) is 0. The van der Waals surface area contributed by atoms with Gasteiger partial charge in [0.15, 0.2) is 0 Å². The zero-order valence-electron chi connectivity index (χ0n) is 15.6. The van der Waals surface area contributed by atoms with Crippen LogP contribution in [0.25, 0.3) is 0 Å². The van der Waals surface area contributed by atoms with Crippen LogP contribution in [0.15, 0.2) is 6.07 Å². The molecule has 1 fully saturated rings. The predicted octanol–water partition coefficient (Wildman–Crippen LogP) is 3.63. The first-order chi connectivity index (χ1) is 11.7. The number of hydrogen-bond donors (Lipinski definition) is 1. The number of rotatable bonds is 3. The molecule has 0 spiro atoms. The summed E-state index contributed by atoms with van der Waals surface area (Å²) in [5.41, 5.74) is 7.01. The summed E-state index contributed by atoms with van der Waals surface area (Å²) < 4.78 is 0. The largest absolute Gasteiger partial charge is 0.370 e. The minimum Gasteiger partial charge on any atom is -0.370 e. The first-order valence-corrected chi connectivity index (χ1v) is 10.2. The molecule has 2 heterocycles. The number of nitrogens with two attached hydrogens (primary N) is 1. The molecule has 0 aromatic carbocycles. The third-order valence-electron chi connectivity index (χ3n) is 5.91. The number of aryl methyl sites for hydroxylation is 1. The first-order valence-electron chi connectivity index (χ1n) is 9.43. The average molecular weight is 363 g/mol. The molecule has 2 amide bonds. The van der Waals surface area contributed by atoms with Crippen molar-refractivity contribution in [2.75, 3.05) is 13.1 Å². The first kappa shape index (κ1) is 18.4. The highest BCUT2D eigenvalue weighted by molar-refractivity contribution is 7.14. The predicted molar refractivity (Wildman–Crippen MR) is 102 cm³/mol. The second-order valence-corrected chi connectivity index (χ2v) is 9.91. The van der Waals surface area contributed by atoms with E-state index in [1.807, 2.05) is 4.90 Å². The summed E-state index contributed by atoms with van der Waals surface area (Å²) in [4.78, 5) is 28.2. The molecule has 2 aliphatic rings. The van der Waals surface area contributed by atoms with Crippen LogP contribution >= 0.6 is 11.3 Å². The van der Waals surface area contributed by atoms with E-state index in [2.05, 4.69) is 26.8 Å². The van der Waals surface area contributed by atoms with Crippen molar-refractivity contribution in [3.8, 4) is 0 Å². The quantitative estimate of drug-likeness (QED) is 0.892. The van der Waals surface area contributed by atoms with Crippen molar-refractivity contribution in [3.05, 3.63) is 21.4 Å². The third-order valence-corrected chi connectivity index (χ3v) is 7.14. The molecule has 2 N–H and O–H groups in total. The number of fused-ring (bicyclic) bond motifs is 1. The lowest BCUT2D eigenvalue weighted by molar-refractivity contribution is -0.119. The topological polar surface area (TPSA) is 63.4 Å². The molecule has 1 unspecified atom stereocenters. The van der Waals surface area contributed by atoms with Crippen molar-refractivity contribution < 1.29 is 9.59 Å². The van der Waals surface area contributed by atoms with Crippen LogP contribution < -0.4 is 5.73 Å². The van der Waals surface area contributed by atoms with Crippen LogP contribution in [0.4, 0.5) is 0 Å². The van der Waals surface area contributed by atoms with E-state index in [-0.39, 0.29) is 11.8 Å². The van der Waals surface area contributed by atoms with E-state index in [1.165, 1.54) is 16.9 Å². The molecule has 1 aliphatic heterocycles. The molecule has 0 saturated carbocycles. The highest BCUT2D eigenvalue weighted by Gasteiger charge is 2.31. The van der Waals surface area contributed by atoms with Crippen molar-refractivity contribution in [1.82, 2.24) is 4.90 Å². The molecular formula is C20H30N2O2S. The molecule has 0 bridgehead atoms. The SMILES string of the molecule is CC(C)(C)C1CCc2sc(C(=O)N3CCC(CC(N)=O)CC3)cc2C1. The normalized spacial score (nSPS) is 21.9. The van der Waals surface area contributed by atoms with Gasteiger partial charge in [0.2, 0.25) is 5.91 Å². The molecule has 1 aromatic heterocycles. The van der Waals surface area contributed by atoms with Crippen LogP contribution in [0.5, 0.6) is 0 Å². The molecule has 5 heteroatoms. The molecule has 138 valence electrons. The number of piperidine rings is 1. The maximum absolute atomic E-state index is 12.9. The molecule has 25 heavy (non-hydrogen) atoms. The van der Waals surface area contributed by atoms with E-state index in [1.54, 1.807) is 11.3 Å². The van der Waals surface area contributed by atoms with Crippen molar-refractivity contribution >= 4 is 23.2 Å². The lowest BCUT2D eigenvalue weighted by Crippen LogP contribution is -2.39. The van der Waals surface area contributed by atoms with Crippen LogP contribution in [-0.4, -0.2) is 29.8 Å². The maximum atomic E-state index is 12.9. The number of carbonyl (C=O) groups is 2. The Morgan fingerprint density at radius 3 is 2.52 bits per heavy atom. The minimum absolute atomic E-state index is 0.171. The molecule has 1 saturated heterocycles. The fourth-order valence-corrected chi connectivity index (χ4v) is 5.33.